The molecule has 2 aromatic rings. The predicted octanol–water partition coefficient (Wildman–Crippen LogP) is 0.815. The molecule has 0 unspecified atom stereocenters. The number of aryl methyl sites for hydroxylation is 1. The molecule has 0 N–H and O–H groups in total. The Morgan fingerprint density at radius 3 is 2.60 bits per heavy atom. The van der Waals surface area contributed by atoms with E-state index < -0.39 is 0 Å². The van der Waals surface area contributed by atoms with Gasteiger partial charge in [0.25, 0.3) is 0 Å². The molecule has 0 aliphatic heterocycles. The molecule has 0 radical (unpaired) electrons. The van der Waals surface area contributed by atoms with Crippen LogP contribution in [0.5, 0.6) is 11.8 Å². The number of carbonyl (C=O) groups is 1. The van der Waals surface area contributed by atoms with E-state index in [1.165, 1.54) is 12.4 Å². The van der Waals surface area contributed by atoms with Crippen LogP contribution in [0.2, 0.25) is 0 Å². The summed E-state index contributed by atoms with van der Waals surface area (Å²) >= 11 is 0. The van der Waals surface area contributed by atoms with E-state index in [9.17, 15) is 4.79 Å². The van der Waals surface area contributed by atoms with Gasteiger partial charge in [0, 0.05) is 19.4 Å². The van der Waals surface area contributed by atoms with Gasteiger partial charge in [-0.05, 0) is 0 Å². The molecule has 0 saturated heterocycles. The van der Waals surface area contributed by atoms with Gasteiger partial charge in [0.15, 0.2) is 12.0 Å². The van der Waals surface area contributed by atoms with E-state index in [4.69, 9.17) is 4.74 Å². The Morgan fingerprint density at radius 1 is 1.33 bits per heavy atom. The first-order chi connectivity index (χ1) is 7.28. The fourth-order valence-electron chi connectivity index (χ4n) is 0.997. The normalized spacial score (nSPS) is 9.93. The molecule has 76 valence electrons. The molecule has 2 aromatic heterocycles. The summed E-state index contributed by atoms with van der Waals surface area (Å²) in [6.07, 6.45) is 6.71. The largest absolute Gasteiger partial charge is 0.421 e. The minimum Gasteiger partial charge on any atom is -0.421 e. The van der Waals surface area contributed by atoms with Crippen LogP contribution < -0.4 is 4.74 Å². The number of hydrogen-bond acceptors (Lipinski definition) is 5. The summed E-state index contributed by atoms with van der Waals surface area (Å²) in [5.41, 5.74) is 0.411. The summed E-state index contributed by atoms with van der Waals surface area (Å²) in [4.78, 5) is 18.1. The number of aldehydes is 1. The third-order valence-electron chi connectivity index (χ3n) is 1.67. The highest BCUT2D eigenvalue weighted by atomic mass is 16.5. The Labute approximate surface area is 85.5 Å². The summed E-state index contributed by atoms with van der Waals surface area (Å²) in [5.74, 6) is 0.552. The minimum atomic E-state index is 0.189. The second kappa shape index (κ2) is 3.87. The first-order valence-electron chi connectivity index (χ1n) is 4.21. The van der Waals surface area contributed by atoms with E-state index in [0.717, 1.165) is 0 Å². The molecule has 0 fully saturated rings. The minimum absolute atomic E-state index is 0.189. The van der Waals surface area contributed by atoms with Crippen molar-refractivity contribution in [1.29, 1.82) is 0 Å². The number of ether oxygens (including phenoxy) is 1. The molecular weight excluding hydrogens is 196 g/mol. The summed E-state index contributed by atoms with van der Waals surface area (Å²) in [6, 6.07) is 0.189. The Bertz CT molecular complexity index is 463. The van der Waals surface area contributed by atoms with E-state index in [0.29, 0.717) is 17.6 Å². The molecular formula is C9H8N4O2. The molecule has 0 spiro atoms. The van der Waals surface area contributed by atoms with Gasteiger partial charge in [0.05, 0.1) is 18.0 Å². The van der Waals surface area contributed by atoms with Gasteiger partial charge in [-0.25, -0.2) is 9.97 Å². The highest BCUT2D eigenvalue weighted by molar-refractivity contribution is 5.73. The van der Waals surface area contributed by atoms with E-state index >= 15 is 0 Å². The van der Waals surface area contributed by atoms with Gasteiger partial charge < -0.3 is 4.74 Å². The van der Waals surface area contributed by atoms with Gasteiger partial charge in [-0.1, -0.05) is 0 Å². The second-order valence-corrected chi connectivity index (χ2v) is 2.87. The fraction of sp³-hybridized carbons (Fsp3) is 0.111. The number of rotatable bonds is 3. The molecule has 0 amide bonds. The Kier molecular flexibility index (Phi) is 2.40. The van der Waals surface area contributed by atoms with Crippen LogP contribution in [0.1, 0.15) is 10.4 Å². The number of nitrogens with zero attached hydrogens (tertiary/aromatic N) is 4. The van der Waals surface area contributed by atoms with Crippen LogP contribution in [0.25, 0.3) is 0 Å². The van der Waals surface area contributed by atoms with Crippen molar-refractivity contribution in [2.45, 2.75) is 0 Å². The molecule has 15 heavy (non-hydrogen) atoms. The monoisotopic (exact) mass is 204 g/mol. The SMILES string of the molecule is Cn1cc(Oc2ncc(C=O)cn2)cn1. The van der Waals surface area contributed by atoms with Crippen molar-refractivity contribution in [3.63, 3.8) is 0 Å². The topological polar surface area (TPSA) is 69.9 Å². The van der Waals surface area contributed by atoms with Crippen molar-refractivity contribution in [2.75, 3.05) is 0 Å². The molecule has 0 atom stereocenters. The van der Waals surface area contributed by atoms with Gasteiger partial charge in [-0.3, -0.25) is 9.48 Å². The molecule has 0 bridgehead atoms. The Balaban J connectivity index is 2.14. The zero-order valence-corrected chi connectivity index (χ0v) is 7.99. The van der Waals surface area contributed by atoms with Crippen molar-refractivity contribution in [3.05, 3.63) is 30.4 Å². The van der Waals surface area contributed by atoms with Crippen LogP contribution in [-0.4, -0.2) is 26.0 Å². The number of hydrogen-bond donors (Lipinski definition) is 0. The maximum atomic E-state index is 10.3. The Morgan fingerprint density at radius 2 is 2.07 bits per heavy atom. The van der Waals surface area contributed by atoms with E-state index in [-0.39, 0.29) is 6.01 Å². The van der Waals surface area contributed by atoms with Gasteiger partial charge in [0.2, 0.25) is 0 Å². The van der Waals surface area contributed by atoms with Crippen molar-refractivity contribution in [1.82, 2.24) is 19.7 Å². The molecule has 0 aliphatic rings. The third-order valence-corrected chi connectivity index (χ3v) is 1.67. The Hall–Kier alpha value is -2.24. The summed E-state index contributed by atoms with van der Waals surface area (Å²) in [5, 5.41) is 3.93. The molecule has 0 aromatic carbocycles. The lowest BCUT2D eigenvalue weighted by atomic mass is 10.4. The zero-order valence-electron chi connectivity index (χ0n) is 7.99. The summed E-state index contributed by atoms with van der Waals surface area (Å²) in [6.45, 7) is 0. The average molecular weight is 204 g/mol. The zero-order chi connectivity index (χ0) is 10.7. The molecule has 6 nitrogen and oxygen atoms in total. The first kappa shape index (κ1) is 9.32. The van der Waals surface area contributed by atoms with Gasteiger partial charge >= 0.3 is 6.01 Å². The lowest BCUT2D eigenvalue weighted by Crippen LogP contribution is -1.92. The van der Waals surface area contributed by atoms with Crippen LogP contribution in [0.3, 0.4) is 0 Å². The van der Waals surface area contributed by atoms with E-state index in [1.807, 2.05) is 0 Å². The van der Waals surface area contributed by atoms with E-state index in [2.05, 4.69) is 15.1 Å². The van der Waals surface area contributed by atoms with Crippen molar-refractivity contribution in [3.8, 4) is 11.8 Å². The van der Waals surface area contributed by atoms with Crippen molar-refractivity contribution in [2.24, 2.45) is 7.05 Å². The van der Waals surface area contributed by atoms with Gasteiger partial charge in [-0.15, -0.1) is 0 Å². The molecule has 2 rings (SSSR count). The van der Waals surface area contributed by atoms with Crippen LogP contribution >= 0.6 is 0 Å². The maximum Gasteiger partial charge on any atom is 0.322 e. The number of aromatic nitrogens is 4. The second-order valence-electron chi connectivity index (χ2n) is 2.87. The lowest BCUT2D eigenvalue weighted by Gasteiger charge is -1.98. The standard InChI is InChI=1S/C9H8N4O2/c1-13-5-8(4-12-13)15-9-10-2-7(6-14)3-11-9/h2-6H,1H3. The average Bonchev–Trinajstić information content (AvgIpc) is 2.65. The van der Waals surface area contributed by atoms with Crippen LogP contribution in [0.4, 0.5) is 0 Å². The van der Waals surface area contributed by atoms with Crippen molar-refractivity contribution < 1.29 is 9.53 Å². The molecule has 0 saturated carbocycles. The smallest absolute Gasteiger partial charge is 0.322 e. The fourth-order valence-corrected chi connectivity index (χ4v) is 0.997. The summed E-state index contributed by atoms with van der Waals surface area (Å²) < 4.78 is 6.88. The molecule has 2 heterocycles. The van der Waals surface area contributed by atoms with Crippen LogP contribution in [-0.2, 0) is 7.05 Å². The summed E-state index contributed by atoms with van der Waals surface area (Å²) in [7, 11) is 1.78. The van der Waals surface area contributed by atoms with Crippen LogP contribution in [0, 0.1) is 0 Å². The maximum absolute atomic E-state index is 10.3. The molecule has 6 heteroatoms. The number of carbonyl (C=O) groups excluding carboxylic acids is 1. The van der Waals surface area contributed by atoms with E-state index in [1.54, 1.807) is 24.1 Å². The van der Waals surface area contributed by atoms with Gasteiger partial charge in [-0.2, -0.15) is 5.10 Å². The first-order valence-corrected chi connectivity index (χ1v) is 4.21. The highest BCUT2D eigenvalue weighted by Crippen LogP contribution is 2.14. The van der Waals surface area contributed by atoms with Gasteiger partial charge in [0.1, 0.15) is 0 Å². The third kappa shape index (κ3) is 2.16. The highest BCUT2D eigenvalue weighted by Gasteiger charge is 2.01. The quantitative estimate of drug-likeness (QED) is 0.692. The van der Waals surface area contributed by atoms with Crippen molar-refractivity contribution >= 4 is 6.29 Å². The predicted molar refractivity (Wildman–Crippen MR) is 50.7 cm³/mol. The van der Waals surface area contributed by atoms with Crippen LogP contribution in [0.15, 0.2) is 24.8 Å². The lowest BCUT2D eigenvalue weighted by molar-refractivity contribution is 0.112. The molecule has 0 aliphatic carbocycles.